The van der Waals surface area contributed by atoms with Crippen LogP contribution < -0.4 is 10.6 Å². The molecule has 0 saturated carbocycles. The summed E-state index contributed by atoms with van der Waals surface area (Å²) >= 11 is 0. The van der Waals surface area contributed by atoms with Gasteiger partial charge in [0.15, 0.2) is 0 Å². The summed E-state index contributed by atoms with van der Waals surface area (Å²) in [6.07, 6.45) is -3.37. The van der Waals surface area contributed by atoms with E-state index in [1.807, 2.05) is 0 Å². The first kappa shape index (κ1) is 17.2. The number of rotatable bonds is 9. The number of unbranched alkanes of at least 4 members (excludes halogenated alkanes) is 1. The Morgan fingerprint density at radius 3 is 2.39 bits per heavy atom. The highest BCUT2D eigenvalue weighted by molar-refractivity contribution is 5.77. The summed E-state index contributed by atoms with van der Waals surface area (Å²) in [7, 11) is 0. The molecule has 2 N–H and O–H groups in total. The normalized spacial score (nSPS) is 11.9. The van der Waals surface area contributed by atoms with Gasteiger partial charge >= 0.3 is 6.18 Å². The van der Waals surface area contributed by atoms with E-state index in [2.05, 4.69) is 24.5 Å². The molecule has 0 heterocycles. The quantitative estimate of drug-likeness (QED) is 0.631. The van der Waals surface area contributed by atoms with Crippen molar-refractivity contribution in [2.75, 3.05) is 19.6 Å². The van der Waals surface area contributed by atoms with Crippen molar-refractivity contribution in [2.24, 2.45) is 5.92 Å². The van der Waals surface area contributed by atoms with Crippen LogP contribution in [0.1, 0.15) is 39.5 Å². The summed E-state index contributed by atoms with van der Waals surface area (Å²) in [5.74, 6) is 0.437. The molecule has 6 heteroatoms. The highest BCUT2D eigenvalue weighted by atomic mass is 19.4. The first-order chi connectivity index (χ1) is 8.31. The summed E-state index contributed by atoms with van der Waals surface area (Å²) in [5.41, 5.74) is 0. The van der Waals surface area contributed by atoms with Crippen molar-refractivity contribution in [1.29, 1.82) is 0 Å². The van der Waals surface area contributed by atoms with Crippen LogP contribution in [0.5, 0.6) is 0 Å². The molecular weight excluding hydrogens is 245 g/mol. The number of nitrogens with one attached hydrogen (secondary N) is 2. The van der Waals surface area contributed by atoms with E-state index < -0.39 is 12.6 Å². The maximum Gasteiger partial charge on any atom is 0.389 e. The van der Waals surface area contributed by atoms with E-state index in [-0.39, 0.29) is 18.9 Å². The highest BCUT2D eigenvalue weighted by Crippen LogP contribution is 2.21. The molecule has 108 valence electrons. The third kappa shape index (κ3) is 13.3. The number of hydrogen-bond acceptors (Lipinski definition) is 2. The zero-order valence-electron chi connectivity index (χ0n) is 11.1. The van der Waals surface area contributed by atoms with Crippen LogP contribution in [0.4, 0.5) is 13.2 Å². The van der Waals surface area contributed by atoms with Crippen molar-refractivity contribution in [3.8, 4) is 0 Å². The average molecular weight is 268 g/mol. The molecule has 0 unspecified atom stereocenters. The Balaban J connectivity index is 3.30. The zero-order valence-corrected chi connectivity index (χ0v) is 11.1. The van der Waals surface area contributed by atoms with Crippen LogP contribution in [0.2, 0.25) is 0 Å². The van der Waals surface area contributed by atoms with E-state index >= 15 is 0 Å². The first-order valence-electron chi connectivity index (χ1n) is 6.35. The second kappa shape index (κ2) is 9.19. The zero-order chi connectivity index (χ0) is 14.0. The third-order valence-corrected chi connectivity index (χ3v) is 2.39. The maximum atomic E-state index is 11.8. The fourth-order valence-corrected chi connectivity index (χ4v) is 1.34. The number of amides is 1. The van der Waals surface area contributed by atoms with Gasteiger partial charge < -0.3 is 10.6 Å². The molecule has 0 aromatic heterocycles. The molecule has 0 aliphatic heterocycles. The number of alkyl halides is 3. The molecule has 18 heavy (non-hydrogen) atoms. The third-order valence-electron chi connectivity index (χ3n) is 2.39. The molecule has 0 aliphatic rings. The van der Waals surface area contributed by atoms with E-state index in [9.17, 15) is 18.0 Å². The van der Waals surface area contributed by atoms with Gasteiger partial charge in [-0.15, -0.1) is 0 Å². The van der Waals surface area contributed by atoms with Gasteiger partial charge in [-0.1, -0.05) is 13.8 Å². The molecule has 0 aromatic carbocycles. The molecule has 0 atom stereocenters. The Bertz CT molecular complexity index is 230. The molecule has 0 bridgehead atoms. The highest BCUT2D eigenvalue weighted by Gasteiger charge is 2.25. The van der Waals surface area contributed by atoms with E-state index in [4.69, 9.17) is 0 Å². The van der Waals surface area contributed by atoms with E-state index in [0.29, 0.717) is 25.4 Å². The topological polar surface area (TPSA) is 41.1 Å². The number of carbonyl (C=O) groups is 1. The second-order valence-electron chi connectivity index (χ2n) is 4.78. The van der Waals surface area contributed by atoms with Gasteiger partial charge in [0.25, 0.3) is 0 Å². The van der Waals surface area contributed by atoms with Crippen molar-refractivity contribution in [3.63, 3.8) is 0 Å². The van der Waals surface area contributed by atoms with Gasteiger partial charge in [-0.05, 0) is 31.7 Å². The largest absolute Gasteiger partial charge is 0.389 e. The monoisotopic (exact) mass is 268 g/mol. The lowest BCUT2D eigenvalue weighted by Crippen LogP contribution is -2.35. The Morgan fingerprint density at radius 2 is 1.83 bits per heavy atom. The van der Waals surface area contributed by atoms with Gasteiger partial charge in [-0.2, -0.15) is 13.2 Å². The number of halogens is 3. The molecule has 0 rings (SSSR count). The van der Waals surface area contributed by atoms with Crippen LogP contribution in [-0.2, 0) is 4.79 Å². The van der Waals surface area contributed by atoms with E-state index in [1.54, 1.807) is 0 Å². The van der Waals surface area contributed by atoms with Crippen LogP contribution in [0.3, 0.4) is 0 Å². The minimum Gasteiger partial charge on any atom is -0.355 e. The average Bonchev–Trinajstić information content (AvgIpc) is 2.21. The first-order valence-corrected chi connectivity index (χ1v) is 6.35. The summed E-state index contributed by atoms with van der Waals surface area (Å²) < 4.78 is 35.4. The van der Waals surface area contributed by atoms with Gasteiger partial charge in [-0.25, -0.2) is 0 Å². The van der Waals surface area contributed by atoms with Crippen LogP contribution in [0.15, 0.2) is 0 Å². The van der Waals surface area contributed by atoms with Gasteiger partial charge in [0.05, 0.1) is 6.54 Å². The SMILES string of the molecule is CC(C)CCNC(=O)CNCCCCC(F)(F)F. The summed E-state index contributed by atoms with van der Waals surface area (Å²) in [6.45, 7) is 5.40. The number of hydrogen-bond donors (Lipinski definition) is 2. The molecular formula is C12H23F3N2O. The summed E-state index contributed by atoms with van der Waals surface area (Å²) in [5, 5.41) is 5.58. The van der Waals surface area contributed by atoms with Crippen molar-refractivity contribution in [2.45, 2.75) is 45.7 Å². The Kier molecular flexibility index (Phi) is 8.79. The molecule has 0 aromatic rings. The summed E-state index contributed by atoms with van der Waals surface area (Å²) in [6, 6.07) is 0. The molecule has 0 radical (unpaired) electrons. The smallest absolute Gasteiger partial charge is 0.355 e. The molecule has 0 saturated heterocycles. The fourth-order valence-electron chi connectivity index (χ4n) is 1.34. The van der Waals surface area contributed by atoms with E-state index in [0.717, 1.165) is 6.42 Å². The van der Waals surface area contributed by atoms with Gasteiger partial charge in [0.1, 0.15) is 0 Å². The van der Waals surface area contributed by atoms with Crippen LogP contribution >= 0.6 is 0 Å². The second-order valence-corrected chi connectivity index (χ2v) is 4.78. The Labute approximate surface area is 107 Å². The lowest BCUT2D eigenvalue weighted by Gasteiger charge is -2.08. The standard InChI is InChI=1S/C12H23F3N2O/c1-10(2)5-8-17-11(18)9-16-7-4-3-6-12(13,14)15/h10,16H,3-9H2,1-2H3,(H,17,18). The molecule has 0 spiro atoms. The van der Waals surface area contributed by atoms with Crippen LogP contribution in [0, 0.1) is 5.92 Å². The Hall–Kier alpha value is -0.780. The molecule has 1 amide bonds. The maximum absolute atomic E-state index is 11.8. The molecule has 0 aliphatic carbocycles. The summed E-state index contributed by atoms with van der Waals surface area (Å²) in [4.78, 5) is 11.3. The minimum absolute atomic E-state index is 0.103. The molecule has 3 nitrogen and oxygen atoms in total. The van der Waals surface area contributed by atoms with Crippen molar-refractivity contribution < 1.29 is 18.0 Å². The van der Waals surface area contributed by atoms with Gasteiger partial charge in [0, 0.05) is 13.0 Å². The minimum atomic E-state index is -4.08. The van der Waals surface area contributed by atoms with Crippen molar-refractivity contribution >= 4 is 5.91 Å². The van der Waals surface area contributed by atoms with Crippen LogP contribution in [-0.4, -0.2) is 31.7 Å². The Morgan fingerprint density at radius 1 is 1.17 bits per heavy atom. The van der Waals surface area contributed by atoms with E-state index in [1.165, 1.54) is 0 Å². The predicted molar refractivity (Wildman–Crippen MR) is 65.2 cm³/mol. The lowest BCUT2D eigenvalue weighted by molar-refractivity contribution is -0.135. The van der Waals surface area contributed by atoms with Crippen molar-refractivity contribution in [3.05, 3.63) is 0 Å². The van der Waals surface area contributed by atoms with Crippen LogP contribution in [0.25, 0.3) is 0 Å². The lowest BCUT2D eigenvalue weighted by atomic mass is 10.1. The number of carbonyl (C=O) groups excluding carboxylic acids is 1. The predicted octanol–water partition coefficient (Wildman–Crippen LogP) is 2.47. The molecule has 0 fully saturated rings. The van der Waals surface area contributed by atoms with Crippen molar-refractivity contribution in [1.82, 2.24) is 10.6 Å². The van der Waals surface area contributed by atoms with Gasteiger partial charge in [-0.3, -0.25) is 4.79 Å². The van der Waals surface area contributed by atoms with Gasteiger partial charge in [0.2, 0.25) is 5.91 Å². The fraction of sp³-hybridized carbons (Fsp3) is 0.917.